The van der Waals surface area contributed by atoms with Gasteiger partial charge in [-0.15, -0.1) is 0 Å². The summed E-state index contributed by atoms with van der Waals surface area (Å²) in [5, 5.41) is -0.108. The van der Waals surface area contributed by atoms with Crippen LogP contribution in [0.4, 0.5) is 24.5 Å². The van der Waals surface area contributed by atoms with Gasteiger partial charge in [0.2, 0.25) is 0 Å². The van der Waals surface area contributed by atoms with Crippen molar-refractivity contribution in [2.75, 3.05) is 11.5 Å². The number of hydrogen-bond donors (Lipinski definition) is 2. The number of fused-ring (bicyclic) bond motifs is 1. The minimum Gasteiger partial charge on any atom is -0.452 e. The van der Waals surface area contributed by atoms with Crippen LogP contribution in [0.5, 0.6) is 11.5 Å². The van der Waals surface area contributed by atoms with Crippen molar-refractivity contribution in [1.29, 1.82) is 0 Å². The van der Waals surface area contributed by atoms with Gasteiger partial charge in [0.1, 0.15) is 11.5 Å². The molecule has 5 rings (SSSR count). The zero-order valence-electron chi connectivity index (χ0n) is 20.9. The summed E-state index contributed by atoms with van der Waals surface area (Å²) >= 11 is 0. The second kappa shape index (κ2) is 10.5. The lowest BCUT2D eigenvalue weighted by Gasteiger charge is -2.12. The molecule has 1 heterocycles. The maximum atomic E-state index is 13.1. The van der Waals surface area contributed by atoms with Gasteiger partial charge in [-0.2, -0.15) is 13.2 Å². The number of hydrogen-bond acceptors (Lipinski definition) is 8. The lowest BCUT2D eigenvalue weighted by Crippen LogP contribution is -2.12. The van der Waals surface area contributed by atoms with Gasteiger partial charge in [0, 0.05) is 29.1 Å². The number of benzene rings is 4. The number of halogens is 3. The Balaban J connectivity index is 1.59. The molecule has 0 saturated heterocycles. The van der Waals surface area contributed by atoms with Crippen LogP contribution < -0.4 is 26.4 Å². The van der Waals surface area contributed by atoms with Crippen LogP contribution >= 0.6 is 0 Å². The number of esters is 2. The highest BCUT2D eigenvalue weighted by molar-refractivity contribution is 5.96. The van der Waals surface area contributed by atoms with Crippen molar-refractivity contribution in [2.24, 2.45) is 0 Å². The normalized spacial score (nSPS) is 11.3. The third-order valence-corrected chi connectivity index (χ3v) is 5.97. The quantitative estimate of drug-likeness (QED) is 0.150. The van der Waals surface area contributed by atoms with Gasteiger partial charge < -0.3 is 25.4 Å². The molecule has 206 valence electrons. The molecule has 41 heavy (non-hydrogen) atoms. The Morgan fingerprint density at radius 1 is 0.707 bits per heavy atom. The fourth-order valence-corrected chi connectivity index (χ4v) is 3.87. The molecule has 0 amide bonds. The van der Waals surface area contributed by atoms with E-state index in [1.54, 1.807) is 0 Å². The number of carbonyl (C=O) groups is 2. The van der Waals surface area contributed by atoms with Crippen LogP contribution in [0.15, 0.2) is 100 Å². The topological polar surface area (TPSA) is 135 Å². The molecule has 8 nitrogen and oxygen atoms in total. The number of alkyl halides is 3. The van der Waals surface area contributed by atoms with Gasteiger partial charge >= 0.3 is 18.1 Å². The summed E-state index contributed by atoms with van der Waals surface area (Å²) in [7, 11) is 0. The van der Waals surface area contributed by atoms with Crippen molar-refractivity contribution >= 4 is 34.3 Å². The van der Waals surface area contributed by atoms with Crippen molar-refractivity contribution in [2.45, 2.75) is 6.18 Å². The lowest BCUT2D eigenvalue weighted by molar-refractivity contribution is -0.137. The van der Waals surface area contributed by atoms with Crippen LogP contribution in [0.1, 0.15) is 26.3 Å². The molecule has 0 aliphatic rings. The summed E-state index contributed by atoms with van der Waals surface area (Å²) in [6.45, 7) is 0. The third kappa shape index (κ3) is 5.88. The van der Waals surface area contributed by atoms with Crippen LogP contribution in [0.25, 0.3) is 22.3 Å². The Kier molecular flexibility index (Phi) is 6.94. The smallest absolute Gasteiger partial charge is 0.416 e. The van der Waals surface area contributed by atoms with Crippen molar-refractivity contribution < 1.29 is 36.7 Å². The predicted molar refractivity (Wildman–Crippen MR) is 145 cm³/mol. The molecule has 0 saturated carbocycles. The molecule has 0 fully saturated rings. The molecule has 0 aliphatic heterocycles. The average Bonchev–Trinajstić information content (AvgIpc) is 2.93. The molecule has 0 aliphatic carbocycles. The van der Waals surface area contributed by atoms with E-state index < -0.39 is 29.1 Å². The number of ether oxygens (including phenoxy) is 2. The van der Waals surface area contributed by atoms with Gasteiger partial charge in [0.25, 0.3) is 0 Å². The molecule has 0 radical (unpaired) electrons. The molecule has 4 N–H and O–H groups in total. The maximum absolute atomic E-state index is 13.1. The Bertz CT molecular complexity index is 1830. The highest BCUT2D eigenvalue weighted by Gasteiger charge is 2.30. The number of carbonyl (C=O) groups excluding carboxylic acids is 2. The molecule has 0 atom stereocenters. The number of rotatable bonds is 5. The first kappa shape index (κ1) is 27.0. The Morgan fingerprint density at radius 3 is 1.78 bits per heavy atom. The predicted octanol–water partition coefficient (Wildman–Crippen LogP) is 6.08. The highest BCUT2D eigenvalue weighted by atomic mass is 19.4. The molecular weight excluding hydrogens is 541 g/mol. The number of anilines is 2. The first-order chi connectivity index (χ1) is 19.5. The van der Waals surface area contributed by atoms with Gasteiger partial charge in [-0.05, 0) is 66.7 Å². The number of nitrogens with two attached hydrogens (primary N) is 2. The molecular formula is C30H19F3N2O6. The van der Waals surface area contributed by atoms with E-state index in [0.717, 1.165) is 30.3 Å². The zero-order chi connectivity index (χ0) is 29.3. The first-order valence-corrected chi connectivity index (χ1v) is 11.9. The largest absolute Gasteiger partial charge is 0.452 e. The van der Waals surface area contributed by atoms with Crippen LogP contribution in [-0.4, -0.2) is 11.9 Å². The summed E-state index contributed by atoms with van der Waals surface area (Å²) in [6.07, 6.45) is -4.55. The molecule has 0 bridgehead atoms. The molecule has 0 spiro atoms. The van der Waals surface area contributed by atoms with Crippen molar-refractivity contribution in [1.82, 2.24) is 0 Å². The van der Waals surface area contributed by atoms with E-state index in [-0.39, 0.29) is 44.9 Å². The standard InChI is InChI=1S/C30H19F3N2O6/c31-30(32,33)19-7-1-16(2-8-19)25-15-24(36)23-13-22(39-28(37)17-3-9-20(34)10-4-17)14-26(27(23)40-25)41-29(38)18-5-11-21(35)12-6-18/h1-15H,34-35H2. The SMILES string of the molecule is Nc1ccc(C(=O)Oc2cc(OC(=O)c3ccc(N)cc3)c3oc(-c4ccc(C(F)(F)F)cc4)cc(=O)c3c2)cc1. The van der Waals surface area contributed by atoms with E-state index in [1.807, 2.05) is 0 Å². The van der Waals surface area contributed by atoms with E-state index in [2.05, 4.69) is 0 Å². The van der Waals surface area contributed by atoms with E-state index in [9.17, 15) is 27.6 Å². The third-order valence-electron chi connectivity index (χ3n) is 5.97. The van der Waals surface area contributed by atoms with Gasteiger partial charge in [0.05, 0.1) is 22.1 Å². The highest BCUT2D eigenvalue weighted by Crippen LogP contribution is 2.35. The van der Waals surface area contributed by atoms with Crippen molar-refractivity contribution in [3.8, 4) is 22.8 Å². The molecule has 11 heteroatoms. The van der Waals surface area contributed by atoms with Crippen molar-refractivity contribution in [3.63, 3.8) is 0 Å². The summed E-state index contributed by atoms with van der Waals surface area (Å²) in [6, 6.07) is 19.2. The molecule has 5 aromatic rings. The zero-order valence-corrected chi connectivity index (χ0v) is 20.9. The minimum atomic E-state index is -4.55. The Hall–Kier alpha value is -5.58. The minimum absolute atomic E-state index is 0.0763. The summed E-state index contributed by atoms with van der Waals surface area (Å²) in [5.41, 5.74) is 11.0. The number of nitrogen functional groups attached to an aromatic ring is 2. The summed E-state index contributed by atoms with van der Waals surface area (Å²) in [4.78, 5) is 38.8. The molecule has 1 aromatic heterocycles. The second-order valence-corrected chi connectivity index (χ2v) is 8.87. The van der Waals surface area contributed by atoms with Crippen molar-refractivity contribution in [3.05, 3.63) is 118 Å². The van der Waals surface area contributed by atoms with Gasteiger partial charge in [0.15, 0.2) is 16.8 Å². The Labute approximate surface area is 229 Å². The van der Waals surface area contributed by atoms with Gasteiger partial charge in [-0.3, -0.25) is 4.79 Å². The van der Waals surface area contributed by atoms with Crippen LogP contribution in [0.2, 0.25) is 0 Å². The van der Waals surface area contributed by atoms with Crippen LogP contribution in [0, 0.1) is 0 Å². The van der Waals surface area contributed by atoms with E-state index in [1.165, 1.54) is 60.7 Å². The van der Waals surface area contributed by atoms with E-state index >= 15 is 0 Å². The lowest BCUT2D eigenvalue weighted by atomic mass is 10.1. The van der Waals surface area contributed by atoms with E-state index in [0.29, 0.717) is 11.4 Å². The first-order valence-electron chi connectivity index (χ1n) is 11.9. The van der Waals surface area contributed by atoms with Crippen LogP contribution in [-0.2, 0) is 6.18 Å². The summed E-state index contributed by atoms with van der Waals surface area (Å²) in [5.74, 6) is -2.08. The maximum Gasteiger partial charge on any atom is 0.416 e. The average molecular weight is 560 g/mol. The Morgan fingerprint density at radius 2 is 1.24 bits per heavy atom. The van der Waals surface area contributed by atoms with Crippen LogP contribution in [0.3, 0.4) is 0 Å². The fraction of sp³-hybridized carbons (Fsp3) is 0.0333. The second-order valence-electron chi connectivity index (χ2n) is 8.87. The fourth-order valence-electron chi connectivity index (χ4n) is 3.87. The monoisotopic (exact) mass is 560 g/mol. The summed E-state index contributed by atoms with van der Waals surface area (Å²) < 4.78 is 55.9. The van der Waals surface area contributed by atoms with Gasteiger partial charge in [-0.25, -0.2) is 9.59 Å². The van der Waals surface area contributed by atoms with E-state index in [4.69, 9.17) is 25.4 Å². The van der Waals surface area contributed by atoms with Gasteiger partial charge in [-0.1, -0.05) is 12.1 Å². The molecule has 4 aromatic carbocycles. The molecule has 0 unspecified atom stereocenters.